The van der Waals surface area contributed by atoms with Crippen LogP contribution in [-0.4, -0.2) is 33.7 Å². The van der Waals surface area contributed by atoms with Crippen LogP contribution in [0.15, 0.2) is 65.5 Å². The minimum absolute atomic E-state index is 0.00175. The van der Waals surface area contributed by atoms with Crippen LogP contribution >= 0.6 is 0 Å². The predicted octanol–water partition coefficient (Wildman–Crippen LogP) is 4.64. The molecule has 2 aliphatic rings. The summed E-state index contributed by atoms with van der Waals surface area (Å²) in [7, 11) is 0. The molecule has 0 radical (unpaired) electrons. The van der Waals surface area contributed by atoms with Crippen LogP contribution in [0.5, 0.6) is 11.5 Å². The van der Waals surface area contributed by atoms with Crippen LogP contribution in [0.3, 0.4) is 0 Å². The number of amides is 1. The summed E-state index contributed by atoms with van der Waals surface area (Å²) < 4.78 is 7.68. The van der Waals surface area contributed by atoms with Crippen molar-refractivity contribution < 1.29 is 9.53 Å². The third-order valence-corrected chi connectivity index (χ3v) is 6.64. The van der Waals surface area contributed by atoms with E-state index in [4.69, 9.17) is 4.74 Å². The highest BCUT2D eigenvalue weighted by molar-refractivity contribution is 5.89. The van der Waals surface area contributed by atoms with Gasteiger partial charge in [0.25, 0.3) is 5.56 Å². The van der Waals surface area contributed by atoms with Crippen LogP contribution in [0.25, 0.3) is 0 Å². The molecule has 0 N–H and O–H groups in total. The Balaban J connectivity index is 1.38. The van der Waals surface area contributed by atoms with E-state index in [1.54, 1.807) is 10.7 Å². The van der Waals surface area contributed by atoms with Gasteiger partial charge in [-0.25, -0.2) is 4.68 Å². The summed E-state index contributed by atoms with van der Waals surface area (Å²) in [5.41, 5.74) is 2.49. The quantitative estimate of drug-likeness (QED) is 0.579. The zero-order valence-electron chi connectivity index (χ0n) is 19.3. The van der Waals surface area contributed by atoms with E-state index in [0.29, 0.717) is 25.9 Å². The molecule has 0 aliphatic carbocycles. The Hall–Kier alpha value is -3.41. The van der Waals surface area contributed by atoms with Crippen molar-refractivity contribution in [3.8, 4) is 11.5 Å². The number of benzene rings is 2. The number of piperidine rings is 1. The Morgan fingerprint density at radius 1 is 0.909 bits per heavy atom. The molecular formula is C27H29N3O3. The largest absolute Gasteiger partial charge is 0.457 e. The number of carbonyl (C=O) groups is 1. The van der Waals surface area contributed by atoms with Crippen LogP contribution in [0.1, 0.15) is 62.4 Å². The maximum atomic E-state index is 13.8. The van der Waals surface area contributed by atoms with Gasteiger partial charge in [0.1, 0.15) is 11.5 Å². The predicted molar refractivity (Wildman–Crippen MR) is 127 cm³/mol. The highest BCUT2D eigenvalue weighted by Crippen LogP contribution is 2.45. The number of ether oxygens (including phenoxy) is 1. The van der Waals surface area contributed by atoms with Gasteiger partial charge < -0.3 is 9.64 Å². The number of likely N-dealkylation sites (tertiary alicyclic amines) is 1. The van der Waals surface area contributed by atoms with E-state index >= 15 is 0 Å². The number of aromatic nitrogens is 2. The second kappa shape index (κ2) is 8.18. The normalized spacial score (nSPS) is 16.6. The highest BCUT2D eigenvalue weighted by atomic mass is 16.5. The molecule has 170 valence electrons. The van der Waals surface area contributed by atoms with Crippen molar-refractivity contribution in [2.45, 2.75) is 51.0 Å². The van der Waals surface area contributed by atoms with Gasteiger partial charge >= 0.3 is 0 Å². The first kappa shape index (κ1) is 21.4. The van der Waals surface area contributed by atoms with Crippen molar-refractivity contribution in [2.24, 2.45) is 0 Å². The Morgan fingerprint density at radius 3 is 2.06 bits per heavy atom. The Labute approximate surface area is 193 Å². The number of hydrogen-bond donors (Lipinski definition) is 0. The molecule has 3 aromatic rings. The Morgan fingerprint density at radius 2 is 1.48 bits per heavy atom. The fourth-order valence-corrected chi connectivity index (χ4v) is 4.78. The molecule has 1 fully saturated rings. The van der Waals surface area contributed by atoms with Gasteiger partial charge in [0.05, 0.1) is 17.7 Å². The molecule has 1 amide bonds. The zero-order chi connectivity index (χ0) is 23.2. The van der Waals surface area contributed by atoms with Gasteiger partial charge in [-0.2, -0.15) is 5.10 Å². The number of nitrogens with zero attached hydrogens (tertiary/aromatic N) is 3. The number of carbonyl (C=O) groups excluding carboxylic acids is 1. The van der Waals surface area contributed by atoms with Gasteiger partial charge in [0.15, 0.2) is 0 Å². The Bertz CT molecular complexity index is 1200. The van der Waals surface area contributed by atoms with Crippen molar-refractivity contribution in [1.29, 1.82) is 0 Å². The van der Waals surface area contributed by atoms with E-state index in [2.05, 4.69) is 25.9 Å². The molecule has 2 aromatic carbocycles. The van der Waals surface area contributed by atoms with Crippen LogP contribution in [0, 0.1) is 0 Å². The van der Waals surface area contributed by atoms with Crippen molar-refractivity contribution in [1.82, 2.24) is 14.7 Å². The summed E-state index contributed by atoms with van der Waals surface area (Å²) in [6.07, 6.45) is 1.41. The molecule has 0 bridgehead atoms. The fraction of sp³-hybridized carbons (Fsp3) is 0.370. The minimum atomic E-state index is -0.382. The molecule has 5 rings (SSSR count). The van der Waals surface area contributed by atoms with Crippen LogP contribution in [0.4, 0.5) is 0 Å². The molecule has 0 spiro atoms. The van der Waals surface area contributed by atoms with Gasteiger partial charge in [-0.15, -0.1) is 0 Å². The summed E-state index contributed by atoms with van der Waals surface area (Å²) >= 11 is 0. The summed E-state index contributed by atoms with van der Waals surface area (Å²) in [6, 6.07) is 19.0. The minimum Gasteiger partial charge on any atom is -0.457 e. The molecule has 3 heterocycles. The fourth-order valence-electron chi connectivity index (χ4n) is 4.78. The van der Waals surface area contributed by atoms with Gasteiger partial charge in [0, 0.05) is 35.7 Å². The SMILES string of the molecule is CC(C)(C)c1ccc(=O)n(C2CCN(C(=O)C3c4ccccc4Oc4ccccc43)CC2)n1. The van der Waals surface area contributed by atoms with E-state index < -0.39 is 0 Å². The first-order valence-corrected chi connectivity index (χ1v) is 11.6. The average Bonchev–Trinajstić information content (AvgIpc) is 2.82. The first-order chi connectivity index (χ1) is 15.8. The summed E-state index contributed by atoms with van der Waals surface area (Å²) in [4.78, 5) is 28.2. The summed E-state index contributed by atoms with van der Waals surface area (Å²) in [5, 5.41) is 4.67. The van der Waals surface area contributed by atoms with Crippen LogP contribution < -0.4 is 10.3 Å². The summed E-state index contributed by atoms with van der Waals surface area (Å²) in [5.74, 6) is 1.17. The van der Waals surface area contributed by atoms with E-state index in [-0.39, 0.29) is 28.8 Å². The molecule has 0 atom stereocenters. The molecule has 6 nitrogen and oxygen atoms in total. The lowest BCUT2D eigenvalue weighted by Crippen LogP contribution is -2.44. The lowest BCUT2D eigenvalue weighted by molar-refractivity contribution is -0.133. The van der Waals surface area contributed by atoms with Gasteiger partial charge in [-0.1, -0.05) is 57.2 Å². The molecule has 0 saturated carbocycles. The second-order valence-electron chi connectivity index (χ2n) is 9.92. The molecular weight excluding hydrogens is 414 g/mol. The van der Waals surface area contributed by atoms with Crippen molar-refractivity contribution >= 4 is 5.91 Å². The van der Waals surface area contributed by atoms with E-state index in [1.807, 2.05) is 59.5 Å². The third-order valence-electron chi connectivity index (χ3n) is 6.64. The summed E-state index contributed by atoms with van der Waals surface area (Å²) in [6.45, 7) is 7.47. The van der Waals surface area contributed by atoms with Gasteiger partial charge in [-0.3, -0.25) is 9.59 Å². The zero-order valence-corrected chi connectivity index (χ0v) is 19.3. The van der Waals surface area contributed by atoms with Crippen LogP contribution in [-0.2, 0) is 10.2 Å². The van der Waals surface area contributed by atoms with E-state index in [0.717, 1.165) is 28.3 Å². The van der Waals surface area contributed by atoms with E-state index in [9.17, 15) is 9.59 Å². The van der Waals surface area contributed by atoms with Gasteiger partial charge in [0.2, 0.25) is 5.91 Å². The number of hydrogen-bond acceptors (Lipinski definition) is 4. The maximum Gasteiger partial charge on any atom is 0.267 e. The highest BCUT2D eigenvalue weighted by Gasteiger charge is 2.36. The van der Waals surface area contributed by atoms with E-state index in [1.165, 1.54) is 0 Å². The first-order valence-electron chi connectivity index (χ1n) is 11.6. The van der Waals surface area contributed by atoms with Crippen LogP contribution in [0.2, 0.25) is 0 Å². The number of fused-ring (bicyclic) bond motifs is 2. The molecule has 0 unspecified atom stereocenters. The second-order valence-corrected chi connectivity index (χ2v) is 9.92. The van der Waals surface area contributed by atoms with Crippen molar-refractivity contribution in [3.05, 3.63) is 87.8 Å². The standard InChI is InChI=1S/C27H29N3O3/c1-27(2,3)23-12-13-24(31)30(28-23)18-14-16-29(17-15-18)26(32)25-19-8-4-6-10-21(19)33-22-11-7-5-9-20(22)25/h4-13,18,25H,14-17H2,1-3H3. The number of para-hydroxylation sites is 2. The smallest absolute Gasteiger partial charge is 0.267 e. The van der Waals surface area contributed by atoms with Gasteiger partial charge in [-0.05, 0) is 31.0 Å². The third kappa shape index (κ3) is 3.94. The lowest BCUT2D eigenvalue weighted by Gasteiger charge is -2.36. The maximum absolute atomic E-state index is 13.8. The lowest BCUT2D eigenvalue weighted by atomic mass is 9.86. The Kier molecular flexibility index (Phi) is 5.31. The molecule has 2 aliphatic heterocycles. The van der Waals surface area contributed by atoms with Crippen molar-refractivity contribution in [3.63, 3.8) is 0 Å². The van der Waals surface area contributed by atoms with Crippen molar-refractivity contribution in [2.75, 3.05) is 13.1 Å². The average molecular weight is 444 g/mol. The monoisotopic (exact) mass is 443 g/mol. The molecule has 1 aromatic heterocycles. The molecule has 6 heteroatoms. The topological polar surface area (TPSA) is 64.4 Å². The molecule has 1 saturated heterocycles. The molecule has 33 heavy (non-hydrogen) atoms. The number of rotatable bonds is 2.